The van der Waals surface area contributed by atoms with Crippen molar-refractivity contribution in [2.45, 2.75) is 33.7 Å². The summed E-state index contributed by atoms with van der Waals surface area (Å²) in [4.78, 5) is 38.7. The Morgan fingerprint density at radius 3 is 2.59 bits per heavy atom. The van der Waals surface area contributed by atoms with Crippen LogP contribution in [0.4, 0.5) is 5.69 Å². The summed E-state index contributed by atoms with van der Waals surface area (Å²) in [6.07, 6.45) is 5.50. The van der Waals surface area contributed by atoms with Crippen molar-refractivity contribution in [3.05, 3.63) is 83.7 Å². The molecule has 0 unspecified atom stereocenters. The first-order valence-electron chi connectivity index (χ1n) is 11.3. The third kappa shape index (κ3) is 5.28. The molecule has 2 N–H and O–H groups in total. The lowest BCUT2D eigenvalue weighted by atomic mass is 10.1. The maximum Gasteiger partial charge on any atom is 0.253 e. The molecule has 2 amide bonds. The summed E-state index contributed by atoms with van der Waals surface area (Å²) < 4.78 is 2.04. The molecule has 0 aliphatic carbocycles. The van der Waals surface area contributed by atoms with Gasteiger partial charge in [-0.25, -0.2) is 4.98 Å². The van der Waals surface area contributed by atoms with Crippen LogP contribution in [-0.2, 0) is 17.8 Å². The van der Waals surface area contributed by atoms with Gasteiger partial charge in [-0.15, -0.1) is 0 Å². The van der Waals surface area contributed by atoms with Crippen molar-refractivity contribution in [1.82, 2.24) is 24.8 Å². The molecule has 4 rings (SSSR count). The molecule has 2 aromatic carbocycles. The molecular formula is C26H28N6O2. The fraction of sp³-hybridized carbons (Fsp3) is 0.269. The highest BCUT2D eigenvalue weighted by Gasteiger charge is 2.20. The zero-order chi connectivity index (χ0) is 24.1. The topological polar surface area (TPSA) is 102 Å². The molecule has 0 saturated carbocycles. The van der Waals surface area contributed by atoms with Crippen molar-refractivity contribution in [1.29, 1.82) is 0 Å². The van der Waals surface area contributed by atoms with Crippen LogP contribution in [0.15, 0.2) is 61.1 Å². The molecule has 2 aromatic heterocycles. The summed E-state index contributed by atoms with van der Waals surface area (Å²) in [5.74, 6) is 0.259. The molecule has 0 bridgehead atoms. The number of rotatable bonds is 8. The summed E-state index contributed by atoms with van der Waals surface area (Å²) >= 11 is 0. The van der Waals surface area contributed by atoms with E-state index in [2.05, 4.69) is 20.6 Å². The predicted octanol–water partition coefficient (Wildman–Crippen LogP) is 3.75. The Hall–Kier alpha value is -4.07. The maximum absolute atomic E-state index is 13.3. The second-order valence-electron chi connectivity index (χ2n) is 8.47. The Labute approximate surface area is 198 Å². The molecule has 0 fully saturated rings. The molecule has 8 nitrogen and oxygen atoms in total. The minimum Gasteiger partial charge on any atom is -0.352 e. The Bertz CT molecular complexity index is 1300. The quantitative estimate of drug-likeness (QED) is 0.420. The lowest BCUT2D eigenvalue weighted by Crippen LogP contribution is -2.27. The van der Waals surface area contributed by atoms with E-state index in [9.17, 15) is 9.59 Å². The number of hydrogen-bond donors (Lipinski definition) is 2. The highest BCUT2D eigenvalue weighted by Crippen LogP contribution is 2.27. The molecule has 2 heterocycles. The minimum atomic E-state index is -0.233. The van der Waals surface area contributed by atoms with Gasteiger partial charge < -0.3 is 15.2 Å². The number of carbonyl (C=O) groups is 2. The standard InChI is InChI=1S/C26H28N6O2/c1-17(2)25(33)31-21-13-22(26(34)29-10-9-20-15-27-11-12-28-20)24-23(14-21)30-18(3)32(24)16-19-7-5-4-6-8-19/h4-8,11-15,17H,9-10,16H2,1-3H3,(H,29,34)(H,31,33). The van der Waals surface area contributed by atoms with Crippen molar-refractivity contribution in [3.8, 4) is 0 Å². The predicted molar refractivity (Wildman–Crippen MR) is 132 cm³/mol. The van der Waals surface area contributed by atoms with Crippen molar-refractivity contribution in [2.75, 3.05) is 11.9 Å². The molecule has 0 radical (unpaired) electrons. The van der Waals surface area contributed by atoms with E-state index < -0.39 is 0 Å². The minimum absolute atomic E-state index is 0.117. The van der Waals surface area contributed by atoms with Crippen molar-refractivity contribution < 1.29 is 9.59 Å². The first-order valence-corrected chi connectivity index (χ1v) is 11.3. The molecular weight excluding hydrogens is 428 g/mol. The third-order valence-corrected chi connectivity index (χ3v) is 5.54. The summed E-state index contributed by atoms with van der Waals surface area (Å²) in [5.41, 5.74) is 4.32. The van der Waals surface area contributed by atoms with Gasteiger partial charge in [-0.2, -0.15) is 0 Å². The van der Waals surface area contributed by atoms with Gasteiger partial charge in [0.25, 0.3) is 5.91 Å². The van der Waals surface area contributed by atoms with Gasteiger partial charge in [-0.1, -0.05) is 44.2 Å². The fourth-order valence-electron chi connectivity index (χ4n) is 3.73. The highest BCUT2D eigenvalue weighted by molar-refractivity contribution is 6.07. The van der Waals surface area contributed by atoms with Crippen LogP contribution >= 0.6 is 0 Å². The van der Waals surface area contributed by atoms with Gasteiger partial charge in [0.2, 0.25) is 5.91 Å². The Balaban J connectivity index is 1.69. The first-order chi connectivity index (χ1) is 16.4. The molecule has 0 spiro atoms. The number of anilines is 1. The van der Waals surface area contributed by atoms with Crippen LogP contribution in [0.25, 0.3) is 11.0 Å². The normalized spacial score (nSPS) is 11.1. The lowest BCUT2D eigenvalue weighted by Gasteiger charge is -2.14. The largest absolute Gasteiger partial charge is 0.352 e. The van der Waals surface area contributed by atoms with E-state index in [1.165, 1.54) is 0 Å². The van der Waals surface area contributed by atoms with Crippen LogP contribution in [-0.4, -0.2) is 37.9 Å². The van der Waals surface area contributed by atoms with Crippen LogP contribution in [0.1, 0.15) is 41.3 Å². The zero-order valence-corrected chi connectivity index (χ0v) is 19.6. The van der Waals surface area contributed by atoms with Crippen LogP contribution in [0, 0.1) is 12.8 Å². The smallest absolute Gasteiger partial charge is 0.253 e. The van der Waals surface area contributed by atoms with E-state index in [1.54, 1.807) is 24.7 Å². The molecule has 0 atom stereocenters. The molecule has 34 heavy (non-hydrogen) atoms. The number of amides is 2. The van der Waals surface area contributed by atoms with Crippen LogP contribution in [0.5, 0.6) is 0 Å². The maximum atomic E-state index is 13.3. The number of nitrogens with one attached hydrogen (secondary N) is 2. The SMILES string of the molecule is Cc1nc2cc(NC(=O)C(C)C)cc(C(=O)NCCc3cnccn3)c2n1Cc1ccccc1. The van der Waals surface area contributed by atoms with Gasteiger partial charge in [-0.3, -0.25) is 19.6 Å². The van der Waals surface area contributed by atoms with Crippen LogP contribution in [0.2, 0.25) is 0 Å². The Kier molecular flexibility index (Phi) is 6.96. The average molecular weight is 457 g/mol. The van der Waals surface area contributed by atoms with Gasteiger partial charge in [0, 0.05) is 49.7 Å². The lowest BCUT2D eigenvalue weighted by molar-refractivity contribution is -0.118. The number of fused-ring (bicyclic) bond motifs is 1. The van der Waals surface area contributed by atoms with Crippen LogP contribution in [0.3, 0.4) is 0 Å². The summed E-state index contributed by atoms with van der Waals surface area (Å²) in [7, 11) is 0. The van der Waals surface area contributed by atoms with Gasteiger partial charge >= 0.3 is 0 Å². The summed E-state index contributed by atoms with van der Waals surface area (Å²) in [5, 5.41) is 5.89. The molecule has 0 saturated heterocycles. The van der Waals surface area contributed by atoms with E-state index in [1.807, 2.05) is 61.7 Å². The first kappa shape index (κ1) is 23.1. The molecule has 4 aromatic rings. The molecule has 174 valence electrons. The molecule has 8 heteroatoms. The fourth-order valence-corrected chi connectivity index (χ4v) is 3.73. The third-order valence-electron chi connectivity index (χ3n) is 5.54. The molecule has 0 aliphatic heterocycles. The van der Waals surface area contributed by atoms with Gasteiger partial charge in [-0.05, 0) is 24.6 Å². The highest BCUT2D eigenvalue weighted by atomic mass is 16.2. The van der Waals surface area contributed by atoms with E-state index in [-0.39, 0.29) is 17.7 Å². The zero-order valence-electron chi connectivity index (χ0n) is 19.6. The number of nitrogens with zero attached hydrogens (tertiary/aromatic N) is 4. The number of aromatic nitrogens is 4. The number of benzene rings is 2. The van der Waals surface area contributed by atoms with E-state index in [0.29, 0.717) is 36.3 Å². The Morgan fingerprint density at radius 2 is 1.88 bits per heavy atom. The van der Waals surface area contributed by atoms with Gasteiger partial charge in [0.1, 0.15) is 5.82 Å². The van der Waals surface area contributed by atoms with Gasteiger partial charge in [0.05, 0.1) is 22.3 Å². The molecule has 0 aliphatic rings. The second kappa shape index (κ2) is 10.2. The van der Waals surface area contributed by atoms with E-state index >= 15 is 0 Å². The van der Waals surface area contributed by atoms with Crippen molar-refractivity contribution in [2.24, 2.45) is 5.92 Å². The second-order valence-corrected chi connectivity index (χ2v) is 8.47. The monoisotopic (exact) mass is 456 g/mol. The van der Waals surface area contributed by atoms with E-state index in [4.69, 9.17) is 4.98 Å². The number of imidazole rings is 1. The van der Waals surface area contributed by atoms with Crippen molar-refractivity contribution in [3.63, 3.8) is 0 Å². The van der Waals surface area contributed by atoms with Gasteiger partial charge in [0.15, 0.2) is 0 Å². The van der Waals surface area contributed by atoms with Crippen molar-refractivity contribution >= 4 is 28.5 Å². The summed E-state index contributed by atoms with van der Waals surface area (Å²) in [6, 6.07) is 13.6. The van der Waals surface area contributed by atoms with E-state index in [0.717, 1.165) is 22.6 Å². The van der Waals surface area contributed by atoms with Crippen LogP contribution < -0.4 is 10.6 Å². The summed E-state index contributed by atoms with van der Waals surface area (Å²) in [6.45, 7) is 6.57. The number of aryl methyl sites for hydroxylation is 1. The number of carbonyl (C=O) groups excluding carboxylic acids is 2. The average Bonchev–Trinajstić information content (AvgIpc) is 3.14. The number of hydrogen-bond acceptors (Lipinski definition) is 5. The Morgan fingerprint density at radius 1 is 1.09 bits per heavy atom.